The molecule has 17 heavy (non-hydrogen) atoms. The van der Waals surface area contributed by atoms with E-state index in [2.05, 4.69) is 32.7 Å². The molecule has 1 N–H and O–H groups in total. The quantitative estimate of drug-likeness (QED) is 0.848. The van der Waals surface area contributed by atoms with Gasteiger partial charge in [0.05, 0.1) is 6.10 Å². The van der Waals surface area contributed by atoms with Gasteiger partial charge in [0.2, 0.25) is 0 Å². The van der Waals surface area contributed by atoms with E-state index in [9.17, 15) is 5.11 Å². The smallest absolute Gasteiger partial charge is 0.0583 e. The third-order valence-electron chi connectivity index (χ3n) is 2.83. The third-order valence-corrected chi connectivity index (χ3v) is 2.83. The molecule has 1 aromatic rings. The van der Waals surface area contributed by atoms with E-state index in [1.54, 1.807) is 6.20 Å². The maximum atomic E-state index is 10.0. The Morgan fingerprint density at radius 3 is 2.59 bits per heavy atom. The maximum Gasteiger partial charge on any atom is 0.0583 e. The summed E-state index contributed by atoms with van der Waals surface area (Å²) >= 11 is 0. The van der Waals surface area contributed by atoms with Crippen LogP contribution in [-0.4, -0.2) is 16.2 Å². The number of aliphatic hydroxyl groups excluding tert-OH is 1. The van der Waals surface area contributed by atoms with Crippen LogP contribution in [0, 0.1) is 11.3 Å². The van der Waals surface area contributed by atoms with E-state index in [0.717, 1.165) is 18.4 Å². The second kappa shape index (κ2) is 6.15. The number of rotatable bonds is 5. The van der Waals surface area contributed by atoms with Gasteiger partial charge in [0.25, 0.3) is 0 Å². The molecular formula is C15H25NO. The number of hydrogen-bond acceptors (Lipinski definition) is 2. The van der Waals surface area contributed by atoms with Gasteiger partial charge < -0.3 is 5.11 Å². The molecule has 0 spiro atoms. The molecular weight excluding hydrogens is 210 g/mol. The van der Waals surface area contributed by atoms with Gasteiger partial charge in [0.1, 0.15) is 0 Å². The Balaban J connectivity index is 2.37. The van der Waals surface area contributed by atoms with Crippen LogP contribution in [0.5, 0.6) is 0 Å². The van der Waals surface area contributed by atoms with Crippen LogP contribution in [0.2, 0.25) is 0 Å². The molecule has 0 amide bonds. The molecule has 0 saturated heterocycles. The average molecular weight is 235 g/mol. The monoisotopic (exact) mass is 235 g/mol. The van der Waals surface area contributed by atoms with Crippen molar-refractivity contribution in [2.24, 2.45) is 11.3 Å². The highest BCUT2D eigenvalue weighted by atomic mass is 16.3. The SMILES string of the molecule is CC(CC(O)Cc1cccnc1)CC(C)(C)C. The molecule has 2 heteroatoms. The molecule has 0 aliphatic heterocycles. The van der Waals surface area contributed by atoms with Crippen molar-refractivity contribution >= 4 is 0 Å². The molecule has 0 aromatic carbocycles. The van der Waals surface area contributed by atoms with Crippen molar-refractivity contribution in [3.8, 4) is 0 Å². The van der Waals surface area contributed by atoms with Gasteiger partial charge in [0.15, 0.2) is 0 Å². The van der Waals surface area contributed by atoms with Crippen molar-refractivity contribution in [3.05, 3.63) is 30.1 Å². The maximum absolute atomic E-state index is 10.0. The van der Waals surface area contributed by atoms with E-state index in [-0.39, 0.29) is 6.10 Å². The fourth-order valence-electron chi connectivity index (χ4n) is 2.47. The molecule has 96 valence electrons. The van der Waals surface area contributed by atoms with Gasteiger partial charge in [-0.05, 0) is 42.2 Å². The zero-order valence-electron chi connectivity index (χ0n) is 11.5. The fourth-order valence-corrected chi connectivity index (χ4v) is 2.47. The van der Waals surface area contributed by atoms with Crippen molar-refractivity contribution in [1.82, 2.24) is 4.98 Å². The summed E-state index contributed by atoms with van der Waals surface area (Å²) in [5.74, 6) is 0.557. The van der Waals surface area contributed by atoms with E-state index in [0.29, 0.717) is 17.8 Å². The van der Waals surface area contributed by atoms with Crippen molar-refractivity contribution in [2.75, 3.05) is 0 Å². The second-order valence-corrected chi connectivity index (χ2v) is 6.32. The Hall–Kier alpha value is -0.890. The molecule has 1 rings (SSSR count). The summed E-state index contributed by atoms with van der Waals surface area (Å²) in [5.41, 5.74) is 1.45. The minimum Gasteiger partial charge on any atom is -0.393 e. The Kier molecular flexibility index (Phi) is 5.13. The molecule has 2 unspecified atom stereocenters. The van der Waals surface area contributed by atoms with Crippen molar-refractivity contribution in [1.29, 1.82) is 0 Å². The molecule has 0 aliphatic carbocycles. The summed E-state index contributed by atoms with van der Waals surface area (Å²) < 4.78 is 0. The number of nitrogens with zero attached hydrogens (tertiary/aromatic N) is 1. The topological polar surface area (TPSA) is 33.1 Å². The van der Waals surface area contributed by atoms with Crippen LogP contribution in [0.25, 0.3) is 0 Å². The van der Waals surface area contributed by atoms with Gasteiger partial charge in [-0.3, -0.25) is 4.98 Å². The van der Waals surface area contributed by atoms with Gasteiger partial charge in [0, 0.05) is 12.4 Å². The molecule has 0 bridgehead atoms. The third kappa shape index (κ3) is 6.42. The first-order chi connectivity index (χ1) is 7.87. The predicted molar refractivity (Wildman–Crippen MR) is 71.8 cm³/mol. The molecule has 2 atom stereocenters. The molecule has 1 heterocycles. The number of pyridine rings is 1. The summed E-state index contributed by atoms with van der Waals surface area (Å²) in [5, 5.41) is 10.0. The van der Waals surface area contributed by atoms with Crippen LogP contribution in [0.4, 0.5) is 0 Å². The lowest BCUT2D eigenvalue weighted by Gasteiger charge is -2.24. The largest absolute Gasteiger partial charge is 0.393 e. The normalized spacial score (nSPS) is 15.6. The first-order valence-electron chi connectivity index (χ1n) is 6.44. The van der Waals surface area contributed by atoms with Gasteiger partial charge in [-0.25, -0.2) is 0 Å². The van der Waals surface area contributed by atoms with Crippen LogP contribution in [0.1, 0.15) is 46.1 Å². The molecule has 1 aromatic heterocycles. The lowest BCUT2D eigenvalue weighted by Crippen LogP contribution is -2.18. The molecule has 0 radical (unpaired) electrons. The standard InChI is InChI=1S/C15H25NO/c1-12(10-15(2,3)4)8-14(17)9-13-6-5-7-16-11-13/h5-7,11-12,14,17H,8-10H2,1-4H3. The Morgan fingerprint density at radius 1 is 1.35 bits per heavy atom. The first kappa shape index (κ1) is 14.2. The van der Waals surface area contributed by atoms with Crippen LogP contribution in [0.3, 0.4) is 0 Å². The fraction of sp³-hybridized carbons (Fsp3) is 0.667. The van der Waals surface area contributed by atoms with E-state index < -0.39 is 0 Å². The summed E-state index contributed by atoms with van der Waals surface area (Å²) in [6.45, 7) is 8.96. The Morgan fingerprint density at radius 2 is 2.06 bits per heavy atom. The van der Waals surface area contributed by atoms with Crippen LogP contribution < -0.4 is 0 Å². The van der Waals surface area contributed by atoms with Gasteiger partial charge >= 0.3 is 0 Å². The van der Waals surface area contributed by atoms with Gasteiger partial charge in [-0.1, -0.05) is 33.8 Å². The minimum atomic E-state index is -0.253. The second-order valence-electron chi connectivity index (χ2n) is 6.32. The highest BCUT2D eigenvalue weighted by Gasteiger charge is 2.18. The zero-order valence-corrected chi connectivity index (χ0v) is 11.5. The number of hydrogen-bond donors (Lipinski definition) is 1. The van der Waals surface area contributed by atoms with Crippen molar-refractivity contribution in [3.63, 3.8) is 0 Å². The lowest BCUT2D eigenvalue weighted by molar-refractivity contribution is 0.133. The van der Waals surface area contributed by atoms with Gasteiger partial charge in [-0.2, -0.15) is 0 Å². The first-order valence-corrected chi connectivity index (χ1v) is 6.44. The van der Waals surface area contributed by atoms with E-state index in [1.807, 2.05) is 18.3 Å². The molecule has 0 fully saturated rings. The summed E-state index contributed by atoms with van der Waals surface area (Å²) in [6, 6.07) is 3.94. The van der Waals surface area contributed by atoms with E-state index >= 15 is 0 Å². The van der Waals surface area contributed by atoms with Crippen molar-refractivity contribution in [2.45, 2.75) is 53.1 Å². The Bertz CT molecular complexity index is 315. The molecule has 0 saturated carbocycles. The summed E-state index contributed by atoms with van der Waals surface area (Å²) in [4.78, 5) is 4.07. The number of aliphatic hydroxyl groups is 1. The molecule has 0 aliphatic rings. The predicted octanol–water partition coefficient (Wildman–Crippen LogP) is 3.45. The van der Waals surface area contributed by atoms with E-state index in [1.165, 1.54) is 0 Å². The van der Waals surface area contributed by atoms with Crippen LogP contribution in [0.15, 0.2) is 24.5 Å². The summed E-state index contributed by atoms with van der Waals surface area (Å²) in [7, 11) is 0. The highest BCUT2D eigenvalue weighted by Crippen LogP contribution is 2.27. The average Bonchev–Trinajstić information content (AvgIpc) is 2.15. The summed E-state index contributed by atoms with van der Waals surface area (Å²) in [6.07, 6.45) is 6.07. The van der Waals surface area contributed by atoms with E-state index in [4.69, 9.17) is 0 Å². The Labute approximate surface area is 105 Å². The minimum absolute atomic E-state index is 0.253. The van der Waals surface area contributed by atoms with Crippen molar-refractivity contribution < 1.29 is 5.11 Å². The van der Waals surface area contributed by atoms with Gasteiger partial charge in [-0.15, -0.1) is 0 Å². The zero-order chi connectivity index (χ0) is 12.9. The van der Waals surface area contributed by atoms with Crippen LogP contribution >= 0.6 is 0 Å². The lowest BCUT2D eigenvalue weighted by atomic mass is 9.83. The molecule has 2 nitrogen and oxygen atoms in total. The highest BCUT2D eigenvalue weighted by molar-refractivity contribution is 5.09. The number of aromatic nitrogens is 1. The van der Waals surface area contributed by atoms with Crippen LogP contribution in [-0.2, 0) is 6.42 Å².